The van der Waals surface area contributed by atoms with Crippen LogP contribution in [0.25, 0.3) is 0 Å². The normalized spacial score (nSPS) is 10.3. The molecule has 0 saturated heterocycles. The van der Waals surface area contributed by atoms with Crippen molar-refractivity contribution in [2.75, 3.05) is 35.0 Å². The lowest BCUT2D eigenvalue weighted by atomic mass is 10.1. The van der Waals surface area contributed by atoms with Gasteiger partial charge >= 0.3 is 0 Å². The van der Waals surface area contributed by atoms with Crippen molar-refractivity contribution in [2.24, 2.45) is 0 Å². The molecule has 3 aromatic rings. The summed E-state index contributed by atoms with van der Waals surface area (Å²) in [4.78, 5) is 12.7. The van der Waals surface area contributed by atoms with Gasteiger partial charge in [-0.1, -0.05) is 12.1 Å². The molecule has 0 aromatic heterocycles. The summed E-state index contributed by atoms with van der Waals surface area (Å²) < 4.78 is 27.1. The van der Waals surface area contributed by atoms with E-state index in [-0.39, 0.29) is 12.5 Å². The molecular weight excluding hydrogens is 422 g/mol. The molecule has 3 aromatic carbocycles. The van der Waals surface area contributed by atoms with Crippen LogP contribution in [0.5, 0.6) is 28.7 Å². The Bertz CT molecular complexity index is 1080. The van der Waals surface area contributed by atoms with Gasteiger partial charge in [0.15, 0.2) is 11.5 Å². The van der Waals surface area contributed by atoms with Crippen molar-refractivity contribution in [3.05, 3.63) is 77.4 Å². The third kappa shape index (κ3) is 6.32. The van der Waals surface area contributed by atoms with Crippen LogP contribution in [0.1, 0.15) is 21.5 Å². The third-order valence-electron chi connectivity index (χ3n) is 5.13. The first-order valence-corrected chi connectivity index (χ1v) is 10.5. The second-order valence-electron chi connectivity index (χ2n) is 7.19. The summed E-state index contributed by atoms with van der Waals surface area (Å²) in [7, 11) is 6.40. The van der Waals surface area contributed by atoms with Crippen LogP contribution in [0.15, 0.2) is 60.7 Å². The van der Waals surface area contributed by atoms with Crippen molar-refractivity contribution < 1.29 is 28.5 Å². The lowest BCUT2D eigenvalue weighted by Crippen LogP contribution is -2.25. The predicted molar refractivity (Wildman–Crippen MR) is 126 cm³/mol. The summed E-state index contributed by atoms with van der Waals surface area (Å²) in [6.07, 6.45) is 0.661. The summed E-state index contributed by atoms with van der Waals surface area (Å²) in [6, 6.07) is 18.4. The molecule has 0 radical (unpaired) electrons. The fourth-order valence-corrected chi connectivity index (χ4v) is 3.34. The lowest BCUT2D eigenvalue weighted by Gasteiger charge is -2.13. The number of methoxy groups -OCH3 is 4. The molecule has 0 aliphatic heterocycles. The van der Waals surface area contributed by atoms with Crippen molar-refractivity contribution >= 4 is 5.91 Å². The summed E-state index contributed by atoms with van der Waals surface area (Å²) in [5, 5.41) is 2.96. The first-order valence-electron chi connectivity index (χ1n) is 10.5. The molecule has 174 valence electrons. The molecule has 1 N–H and O–H groups in total. The van der Waals surface area contributed by atoms with Crippen LogP contribution in [-0.4, -0.2) is 40.9 Å². The van der Waals surface area contributed by atoms with Gasteiger partial charge in [-0.05, 0) is 54.4 Å². The average Bonchev–Trinajstić information content (AvgIpc) is 2.87. The van der Waals surface area contributed by atoms with E-state index in [4.69, 9.17) is 23.7 Å². The maximum Gasteiger partial charge on any atom is 0.251 e. The molecule has 0 heterocycles. The SMILES string of the molecule is COc1cccc(OCc2cc(C(=O)NCCc3ccc(OC)c(OC)c3)ccc2OC)c1. The van der Waals surface area contributed by atoms with Crippen LogP contribution >= 0.6 is 0 Å². The van der Waals surface area contributed by atoms with Crippen molar-refractivity contribution in [3.63, 3.8) is 0 Å². The highest BCUT2D eigenvalue weighted by atomic mass is 16.5. The molecule has 0 fully saturated rings. The average molecular weight is 452 g/mol. The standard InChI is InChI=1S/C26H29NO6/c1-29-21-6-5-7-22(16-21)33-17-20-15-19(9-11-23(20)30-2)26(28)27-13-12-18-8-10-24(31-3)25(14-18)32-4/h5-11,14-16H,12-13,17H2,1-4H3,(H,27,28). The number of benzene rings is 3. The van der Waals surface area contributed by atoms with Crippen LogP contribution in [0.2, 0.25) is 0 Å². The monoisotopic (exact) mass is 451 g/mol. The van der Waals surface area contributed by atoms with E-state index < -0.39 is 0 Å². The van der Waals surface area contributed by atoms with Gasteiger partial charge in [0.25, 0.3) is 5.91 Å². The molecule has 0 aliphatic carbocycles. The van der Waals surface area contributed by atoms with Crippen LogP contribution in [0, 0.1) is 0 Å². The Morgan fingerprint density at radius 3 is 2.21 bits per heavy atom. The minimum absolute atomic E-state index is 0.166. The molecule has 1 amide bonds. The number of carbonyl (C=O) groups excluding carboxylic acids is 1. The molecular formula is C26H29NO6. The van der Waals surface area contributed by atoms with E-state index in [0.29, 0.717) is 47.3 Å². The summed E-state index contributed by atoms with van der Waals surface area (Å²) in [5.74, 6) is 3.20. The smallest absolute Gasteiger partial charge is 0.251 e. The zero-order valence-corrected chi connectivity index (χ0v) is 19.3. The van der Waals surface area contributed by atoms with E-state index in [1.807, 2.05) is 36.4 Å². The minimum Gasteiger partial charge on any atom is -0.497 e. The summed E-state index contributed by atoms with van der Waals surface area (Å²) in [6.45, 7) is 0.735. The first kappa shape index (κ1) is 23.8. The van der Waals surface area contributed by atoms with Gasteiger partial charge in [-0.3, -0.25) is 4.79 Å². The van der Waals surface area contributed by atoms with E-state index in [0.717, 1.165) is 11.1 Å². The van der Waals surface area contributed by atoms with Crippen LogP contribution in [0.3, 0.4) is 0 Å². The summed E-state index contributed by atoms with van der Waals surface area (Å²) in [5.41, 5.74) is 2.34. The van der Waals surface area contributed by atoms with Gasteiger partial charge in [0.2, 0.25) is 0 Å². The van der Waals surface area contributed by atoms with Gasteiger partial charge in [0.1, 0.15) is 23.9 Å². The van der Waals surface area contributed by atoms with Gasteiger partial charge in [-0.15, -0.1) is 0 Å². The quantitative estimate of drug-likeness (QED) is 0.469. The van der Waals surface area contributed by atoms with Gasteiger partial charge in [0, 0.05) is 23.7 Å². The number of hydrogen-bond donors (Lipinski definition) is 1. The van der Waals surface area contributed by atoms with E-state index in [9.17, 15) is 4.79 Å². The number of hydrogen-bond acceptors (Lipinski definition) is 6. The highest BCUT2D eigenvalue weighted by molar-refractivity contribution is 5.94. The maximum absolute atomic E-state index is 12.7. The zero-order chi connectivity index (χ0) is 23.6. The maximum atomic E-state index is 12.7. The first-order chi connectivity index (χ1) is 16.1. The topological polar surface area (TPSA) is 75.3 Å². The van der Waals surface area contributed by atoms with Crippen molar-refractivity contribution in [3.8, 4) is 28.7 Å². The van der Waals surface area contributed by atoms with Gasteiger partial charge in [0.05, 0.1) is 28.4 Å². The molecule has 0 bridgehead atoms. The minimum atomic E-state index is -0.166. The Morgan fingerprint density at radius 2 is 1.48 bits per heavy atom. The Balaban J connectivity index is 1.62. The fraction of sp³-hybridized carbons (Fsp3) is 0.269. The number of nitrogens with one attached hydrogen (secondary N) is 1. The summed E-state index contributed by atoms with van der Waals surface area (Å²) >= 11 is 0. The Morgan fingerprint density at radius 1 is 0.758 bits per heavy atom. The van der Waals surface area contributed by atoms with Crippen LogP contribution in [-0.2, 0) is 13.0 Å². The zero-order valence-electron chi connectivity index (χ0n) is 19.3. The fourth-order valence-electron chi connectivity index (χ4n) is 3.34. The molecule has 33 heavy (non-hydrogen) atoms. The van der Waals surface area contributed by atoms with Crippen LogP contribution in [0.4, 0.5) is 0 Å². The molecule has 3 rings (SSSR count). The molecule has 0 aliphatic rings. The predicted octanol–water partition coefficient (Wildman–Crippen LogP) is 4.27. The molecule has 0 saturated carbocycles. The number of rotatable bonds is 11. The van der Waals surface area contributed by atoms with Gasteiger partial charge < -0.3 is 29.0 Å². The third-order valence-corrected chi connectivity index (χ3v) is 5.13. The molecule has 7 nitrogen and oxygen atoms in total. The lowest BCUT2D eigenvalue weighted by molar-refractivity contribution is 0.0954. The number of amides is 1. The largest absolute Gasteiger partial charge is 0.497 e. The van der Waals surface area contributed by atoms with Gasteiger partial charge in [-0.25, -0.2) is 0 Å². The molecule has 7 heteroatoms. The second-order valence-corrected chi connectivity index (χ2v) is 7.19. The number of carbonyl (C=O) groups is 1. The Kier molecular flexibility index (Phi) is 8.41. The van der Waals surface area contributed by atoms with E-state index in [1.165, 1.54) is 0 Å². The molecule has 0 unspecified atom stereocenters. The van der Waals surface area contributed by atoms with E-state index in [1.54, 1.807) is 52.7 Å². The molecule has 0 atom stereocenters. The van der Waals surface area contributed by atoms with E-state index >= 15 is 0 Å². The van der Waals surface area contributed by atoms with Crippen molar-refractivity contribution in [2.45, 2.75) is 13.0 Å². The molecule has 0 spiro atoms. The van der Waals surface area contributed by atoms with Gasteiger partial charge in [-0.2, -0.15) is 0 Å². The van der Waals surface area contributed by atoms with Crippen LogP contribution < -0.4 is 29.0 Å². The highest BCUT2D eigenvalue weighted by Crippen LogP contribution is 2.28. The second kappa shape index (κ2) is 11.7. The number of ether oxygens (including phenoxy) is 5. The van der Waals surface area contributed by atoms with E-state index in [2.05, 4.69) is 5.32 Å². The Labute approximate surface area is 194 Å². The van der Waals surface area contributed by atoms with Crippen molar-refractivity contribution in [1.82, 2.24) is 5.32 Å². The van der Waals surface area contributed by atoms with Crippen molar-refractivity contribution in [1.29, 1.82) is 0 Å². The Hall–Kier alpha value is -3.87. The highest BCUT2D eigenvalue weighted by Gasteiger charge is 2.12.